The van der Waals surface area contributed by atoms with Gasteiger partial charge >= 0.3 is 5.97 Å². The van der Waals surface area contributed by atoms with Gasteiger partial charge in [-0.1, -0.05) is 11.3 Å². The van der Waals surface area contributed by atoms with E-state index in [0.717, 1.165) is 4.70 Å². The third-order valence-corrected chi connectivity index (χ3v) is 5.23. The SMILES string of the molecule is CCOc1ccc2nc(NC(=O)C(C#N)=Cc3cc(OC)c(OC(C)=O)c(OC)c3)sc2c1. The molecule has 0 saturated carbocycles. The normalized spacial score (nSPS) is 10.9. The van der Waals surface area contributed by atoms with Gasteiger partial charge in [0.25, 0.3) is 5.91 Å². The third kappa shape index (κ3) is 5.58. The lowest BCUT2D eigenvalue weighted by Gasteiger charge is -2.13. The van der Waals surface area contributed by atoms with Crippen molar-refractivity contribution in [1.29, 1.82) is 5.26 Å². The van der Waals surface area contributed by atoms with Crippen molar-refractivity contribution < 1.29 is 28.5 Å². The van der Waals surface area contributed by atoms with Crippen LogP contribution in [0.1, 0.15) is 19.4 Å². The molecule has 2 aromatic carbocycles. The van der Waals surface area contributed by atoms with Crippen LogP contribution in [0.5, 0.6) is 23.0 Å². The maximum Gasteiger partial charge on any atom is 0.308 e. The molecule has 1 aromatic heterocycles. The second-order valence-corrected chi connectivity index (χ2v) is 7.58. The number of nitrogens with one attached hydrogen (secondary N) is 1. The largest absolute Gasteiger partial charge is 0.494 e. The number of aromatic nitrogens is 1. The minimum Gasteiger partial charge on any atom is -0.494 e. The van der Waals surface area contributed by atoms with Crippen molar-refractivity contribution >= 4 is 44.6 Å². The Kier molecular flexibility index (Phi) is 7.48. The molecule has 0 fully saturated rings. The predicted molar refractivity (Wildman–Crippen MR) is 124 cm³/mol. The summed E-state index contributed by atoms with van der Waals surface area (Å²) in [4.78, 5) is 28.5. The minimum absolute atomic E-state index is 0.105. The van der Waals surface area contributed by atoms with Crippen LogP contribution in [0.15, 0.2) is 35.9 Å². The molecule has 33 heavy (non-hydrogen) atoms. The summed E-state index contributed by atoms with van der Waals surface area (Å²) in [5.41, 5.74) is 0.988. The highest BCUT2D eigenvalue weighted by atomic mass is 32.1. The van der Waals surface area contributed by atoms with Crippen molar-refractivity contribution in [2.45, 2.75) is 13.8 Å². The van der Waals surface area contributed by atoms with Crippen LogP contribution in [0.2, 0.25) is 0 Å². The zero-order chi connectivity index (χ0) is 24.0. The lowest BCUT2D eigenvalue weighted by molar-refractivity contribution is -0.132. The van der Waals surface area contributed by atoms with Gasteiger partial charge in [0.1, 0.15) is 17.4 Å². The van der Waals surface area contributed by atoms with Gasteiger partial charge < -0.3 is 18.9 Å². The molecule has 10 heteroatoms. The van der Waals surface area contributed by atoms with Gasteiger partial charge in [-0.25, -0.2) is 4.98 Å². The van der Waals surface area contributed by atoms with Crippen LogP contribution in [0.4, 0.5) is 5.13 Å². The smallest absolute Gasteiger partial charge is 0.308 e. The molecule has 170 valence electrons. The van der Waals surface area contributed by atoms with Gasteiger partial charge in [-0.2, -0.15) is 5.26 Å². The van der Waals surface area contributed by atoms with E-state index >= 15 is 0 Å². The molecular formula is C23H21N3O6S. The maximum atomic E-state index is 12.7. The molecule has 1 N–H and O–H groups in total. The number of amides is 1. The van der Waals surface area contributed by atoms with E-state index in [1.807, 2.05) is 19.1 Å². The highest BCUT2D eigenvalue weighted by Gasteiger charge is 2.18. The summed E-state index contributed by atoms with van der Waals surface area (Å²) in [5.74, 6) is 0.0760. The monoisotopic (exact) mass is 467 g/mol. The molecule has 3 aromatic rings. The van der Waals surface area contributed by atoms with Gasteiger partial charge in [0.05, 0.1) is 31.0 Å². The topological polar surface area (TPSA) is 120 Å². The zero-order valence-corrected chi connectivity index (χ0v) is 19.2. The molecule has 3 rings (SSSR count). The first-order valence-corrected chi connectivity index (χ1v) is 10.6. The Hall–Kier alpha value is -4.10. The van der Waals surface area contributed by atoms with Crippen molar-refractivity contribution in [2.24, 2.45) is 0 Å². The van der Waals surface area contributed by atoms with E-state index in [1.54, 1.807) is 12.1 Å². The number of nitriles is 1. The number of ether oxygens (including phenoxy) is 4. The van der Waals surface area contributed by atoms with Crippen molar-refractivity contribution in [2.75, 3.05) is 26.1 Å². The second-order valence-electron chi connectivity index (χ2n) is 6.55. The summed E-state index contributed by atoms with van der Waals surface area (Å²) < 4.78 is 22.0. The number of fused-ring (bicyclic) bond motifs is 1. The summed E-state index contributed by atoms with van der Waals surface area (Å²) in [6.07, 6.45) is 1.37. The van der Waals surface area contributed by atoms with E-state index in [2.05, 4.69) is 10.3 Å². The molecule has 0 unspecified atom stereocenters. The Labute approximate surface area is 194 Å². The van der Waals surface area contributed by atoms with Gasteiger partial charge in [0.2, 0.25) is 5.75 Å². The molecule has 0 atom stereocenters. The second kappa shape index (κ2) is 10.5. The Bertz CT molecular complexity index is 1250. The lowest BCUT2D eigenvalue weighted by atomic mass is 10.1. The molecule has 0 aliphatic rings. The van der Waals surface area contributed by atoms with Crippen LogP contribution >= 0.6 is 11.3 Å². The summed E-state index contributed by atoms with van der Waals surface area (Å²) in [6, 6.07) is 10.4. The fourth-order valence-electron chi connectivity index (χ4n) is 2.92. The van der Waals surface area contributed by atoms with Crippen molar-refractivity contribution in [1.82, 2.24) is 4.98 Å². The Morgan fingerprint density at radius 2 is 1.88 bits per heavy atom. The number of hydrogen-bond donors (Lipinski definition) is 1. The zero-order valence-electron chi connectivity index (χ0n) is 18.4. The average Bonchev–Trinajstić information content (AvgIpc) is 3.19. The van der Waals surface area contributed by atoms with Crippen LogP contribution in [0, 0.1) is 11.3 Å². The Balaban J connectivity index is 1.88. The van der Waals surface area contributed by atoms with Crippen LogP contribution in [0.3, 0.4) is 0 Å². The lowest BCUT2D eigenvalue weighted by Crippen LogP contribution is -2.13. The van der Waals surface area contributed by atoms with E-state index in [0.29, 0.717) is 28.6 Å². The fourth-order valence-corrected chi connectivity index (χ4v) is 3.81. The number of hydrogen-bond acceptors (Lipinski definition) is 9. The number of carbonyl (C=O) groups is 2. The molecule has 0 aliphatic carbocycles. The number of nitrogens with zero attached hydrogens (tertiary/aromatic N) is 2. The van der Waals surface area contributed by atoms with Gasteiger partial charge in [0, 0.05) is 6.92 Å². The molecule has 9 nitrogen and oxygen atoms in total. The average molecular weight is 468 g/mol. The summed E-state index contributed by atoms with van der Waals surface area (Å²) in [7, 11) is 2.80. The maximum absolute atomic E-state index is 12.7. The molecule has 1 amide bonds. The first kappa shape index (κ1) is 23.6. The standard InChI is InChI=1S/C23H21N3O6S/c1-5-31-16-6-7-17-20(11-16)33-23(25-17)26-22(28)15(12-24)8-14-9-18(29-3)21(32-13(2)27)19(10-14)30-4/h6-11H,5H2,1-4H3,(H,25,26,28). The summed E-state index contributed by atoms with van der Waals surface area (Å²) in [6.45, 7) is 3.69. The predicted octanol–water partition coefficient (Wildman–Crippen LogP) is 4.18. The number of esters is 1. The first-order valence-electron chi connectivity index (χ1n) is 9.79. The van der Waals surface area contributed by atoms with E-state index in [1.165, 1.54) is 50.7 Å². The van der Waals surface area contributed by atoms with E-state index in [-0.39, 0.29) is 22.8 Å². The van der Waals surface area contributed by atoms with Gasteiger partial charge in [-0.3, -0.25) is 14.9 Å². The highest BCUT2D eigenvalue weighted by Crippen LogP contribution is 2.39. The molecule has 0 bridgehead atoms. The number of benzene rings is 2. The molecule has 0 spiro atoms. The van der Waals surface area contributed by atoms with Crippen molar-refractivity contribution in [3.8, 4) is 29.1 Å². The van der Waals surface area contributed by atoms with Crippen molar-refractivity contribution in [3.63, 3.8) is 0 Å². The van der Waals surface area contributed by atoms with Gasteiger partial charge in [-0.15, -0.1) is 0 Å². The molecule has 1 heterocycles. The van der Waals surface area contributed by atoms with Gasteiger partial charge in [-0.05, 0) is 48.9 Å². The first-order chi connectivity index (χ1) is 15.9. The molecular weight excluding hydrogens is 446 g/mol. The fraction of sp³-hybridized carbons (Fsp3) is 0.217. The number of anilines is 1. The van der Waals surface area contributed by atoms with Gasteiger partial charge in [0.15, 0.2) is 16.6 Å². The number of methoxy groups -OCH3 is 2. The minimum atomic E-state index is -0.622. The summed E-state index contributed by atoms with van der Waals surface area (Å²) in [5, 5.41) is 12.6. The van der Waals surface area contributed by atoms with Crippen LogP contribution in [-0.4, -0.2) is 37.7 Å². The quantitative estimate of drug-likeness (QED) is 0.227. The number of rotatable bonds is 8. The molecule has 0 aliphatic heterocycles. The summed E-state index contributed by atoms with van der Waals surface area (Å²) >= 11 is 1.27. The number of thiazole rings is 1. The van der Waals surface area contributed by atoms with Crippen molar-refractivity contribution in [3.05, 3.63) is 41.5 Å². The Morgan fingerprint density at radius 1 is 1.18 bits per heavy atom. The van der Waals surface area contributed by atoms with Crippen LogP contribution < -0.4 is 24.3 Å². The van der Waals surface area contributed by atoms with E-state index in [9.17, 15) is 14.9 Å². The van der Waals surface area contributed by atoms with E-state index < -0.39 is 11.9 Å². The third-order valence-electron chi connectivity index (χ3n) is 4.30. The van der Waals surface area contributed by atoms with Crippen LogP contribution in [-0.2, 0) is 9.59 Å². The molecule has 0 radical (unpaired) electrons. The van der Waals surface area contributed by atoms with E-state index in [4.69, 9.17) is 18.9 Å². The molecule has 0 saturated heterocycles. The van der Waals surface area contributed by atoms with Crippen LogP contribution in [0.25, 0.3) is 16.3 Å². The number of carbonyl (C=O) groups excluding carboxylic acids is 2. The Morgan fingerprint density at radius 3 is 2.45 bits per heavy atom. The highest BCUT2D eigenvalue weighted by molar-refractivity contribution is 7.22.